The van der Waals surface area contributed by atoms with E-state index < -0.39 is 12.2 Å². The molecule has 0 unspecified atom stereocenters. The molecule has 100 valence electrons. The number of hydrogen-bond donors (Lipinski definition) is 2. The summed E-state index contributed by atoms with van der Waals surface area (Å²) in [6.07, 6.45) is 2.90. The molecular weight excluding hydrogens is 224 g/mol. The summed E-state index contributed by atoms with van der Waals surface area (Å²) in [7, 11) is 0. The highest BCUT2D eigenvalue weighted by Gasteiger charge is 2.48. The maximum atomic E-state index is 10.8. The van der Waals surface area contributed by atoms with Gasteiger partial charge in [-0.05, 0) is 24.3 Å². The SMILES string of the molecule is CC(C)[C@@]1([C@H](O)c2ccccc2)CCCC[C@@H]1O. The van der Waals surface area contributed by atoms with E-state index in [9.17, 15) is 10.2 Å². The monoisotopic (exact) mass is 248 g/mol. The van der Waals surface area contributed by atoms with E-state index in [1.807, 2.05) is 30.3 Å². The third-order valence-electron chi connectivity index (χ3n) is 4.66. The van der Waals surface area contributed by atoms with E-state index in [2.05, 4.69) is 13.8 Å². The molecule has 3 atom stereocenters. The van der Waals surface area contributed by atoms with Gasteiger partial charge in [-0.3, -0.25) is 0 Å². The molecule has 0 amide bonds. The Kier molecular flexibility index (Phi) is 4.08. The highest BCUT2D eigenvalue weighted by molar-refractivity contribution is 5.21. The van der Waals surface area contributed by atoms with E-state index >= 15 is 0 Å². The van der Waals surface area contributed by atoms with Gasteiger partial charge in [-0.1, -0.05) is 57.0 Å². The van der Waals surface area contributed by atoms with Crippen molar-refractivity contribution in [2.75, 3.05) is 0 Å². The van der Waals surface area contributed by atoms with Gasteiger partial charge in [0.2, 0.25) is 0 Å². The summed E-state index contributed by atoms with van der Waals surface area (Å²) in [4.78, 5) is 0. The molecular formula is C16H24O2. The highest BCUT2D eigenvalue weighted by atomic mass is 16.3. The Morgan fingerprint density at radius 1 is 1.17 bits per heavy atom. The van der Waals surface area contributed by atoms with Gasteiger partial charge in [-0.2, -0.15) is 0 Å². The van der Waals surface area contributed by atoms with Crippen molar-refractivity contribution in [3.05, 3.63) is 35.9 Å². The van der Waals surface area contributed by atoms with E-state index in [-0.39, 0.29) is 11.3 Å². The standard InChI is InChI=1S/C16H24O2/c1-12(2)16(11-7-6-10-14(16)17)15(18)13-8-4-3-5-9-13/h3-5,8-9,12,14-15,17-18H,6-7,10-11H2,1-2H3/t14-,15+,16-/m0/s1. The Bertz CT molecular complexity index is 374. The quantitative estimate of drug-likeness (QED) is 0.861. The fraction of sp³-hybridized carbons (Fsp3) is 0.625. The van der Waals surface area contributed by atoms with Crippen molar-refractivity contribution < 1.29 is 10.2 Å². The maximum absolute atomic E-state index is 10.8. The first-order chi connectivity index (χ1) is 8.59. The van der Waals surface area contributed by atoms with E-state index in [4.69, 9.17) is 0 Å². The van der Waals surface area contributed by atoms with Crippen molar-refractivity contribution in [2.24, 2.45) is 11.3 Å². The van der Waals surface area contributed by atoms with E-state index in [1.165, 1.54) is 0 Å². The van der Waals surface area contributed by atoms with Crippen LogP contribution in [0.4, 0.5) is 0 Å². The van der Waals surface area contributed by atoms with Crippen LogP contribution in [0.25, 0.3) is 0 Å². The van der Waals surface area contributed by atoms with Crippen molar-refractivity contribution in [1.82, 2.24) is 0 Å². The first-order valence-electron chi connectivity index (χ1n) is 7.00. The molecule has 1 aliphatic carbocycles. The van der Waals surface area contributed by atoms with Crippen molar-refractivity contribution in [3.63, 3.8) is 0 Å². The van der Waals surface area contributed by atoms with Gasteiger partial charge in [0.05, 0.1) is 12.2 Å². The van der Waals surface area contributed by atoms with Gasteiger partial charge in [0, 0.05) is 5.41 Å². The topological polar surface area (TPSA) is 40.5 Å². The molecule has 2 nitrogen and oxygen atoms in total. The molecule has 0 radical (unpaired) electrons. The van der Waals surface area contributed by atoms with Crippen LogP contribution in [0.15, 0.2) is 30.3 Å². The normalized spacial score (nSPS) is 30.4. The van der Waals surface area contributed by atoms with Crippen molar-refractivity contribution >= 4 is 0 Å². The van der Waals surface area contributed by atoms with Gasteiger partial charge < -0.3 is 10.2 Å². The largest absolute Gasteiger partial charge is 0.392 e. The van der Waals surface area contributed by atoms with Crippen LogP contribution in [0.1, 0.15) is 51.2 Å². The van der Waals surface area contributed by atoms with Crippen molar-refractivity contribution in [3.8, 4) is 0 Å². The lowest BCUT2D eigenvalue weighted by molar-refractivity contribution is -0.124. The van der Waals surface area contributed by atoms with Crippen LogP contribution in [0.3, 0.4) is 0 Å². The van der Waals surface area contributed by atoms with Crippen LogP contribution in [0.5, 0.6) is 0 Å². The van der Waals surface area contributed by atoms with Crippen LogP contribution in [-0.4, -0.2) is 16.3 Å². The second-order valence-electron chi connectivity index (χ2n) is 5.84. The summed E-state index contributed by atoms with van der Waals surface area (Å²) >= 11 is 0. The van der Waals surface area contributed by atoms with Crippen molar-refractivity contribution in [1.29, 1.82) is 0 Å². The number of aliphatic hydroxyl groups is 2. The zero-order valence-electron chi connectivity index (χ0n) is 11.3. The average molecular weight is 248 g/mol. The molecule has 2 N–H and O–H groups in total. The molecule has 2 rings (SSSR count). The second-order valence-corrected chi connectivity index (χ2v) is 5.84. The number of benzene rings is 1. The lowest BCUT2D eigenvalue weighted by Gasteiger charge is -2.48. The molecule has 0 heterocycles. The molecule has 1 aromatic carbocycles. The van der Waals surface area contributed by atoms with E-state index in [0.717, 1.165) is 31.2 Å². The van der Waals surface area contributed by atoms with Crippen LogP contribution in [0.2, 0.25) is 0 Å². The third kappa shape index (κ3) is 2.19. The van der Waals surface area contributed by atoms with Gasteiger partial charge in [-0.15, -0.1) is 0 Å². The Balaban J connectivity index is 2.35. The molecule has 0 aromatic heterocycles. The van der Waals surface area contributed by atoms with Crippen molar-refractivity contribution in [2.45, 2.75) is 51.7 Å². The van der Waals surface area contributed by atoms with Crippen LogP contribution in [-0.2, 0) is 0 Å². The number of hydrogen-bond acceptors (Lipinski definition) is 2. The van der Waals surface area contributed by atoms with Crippen LogP contribution in [0, 0.1) is 11.3 Å². The molecule has 1 saturated carbocycles. The summed E-state index contributed by atoms with van der Waals surface area (Å²) in [5, 5.41) is 21.2. The molecule has 0 saturated heterocycles. The summed E-state index contributed by atoms with van der Waals surface area (Å²) in [6, 6.07) is 9.76. The summed E-state index contributed by atoms with van der Waals surface area (Å²) in [6.45, 7) is 4.22. The predicted molar refractivity (Wildman–Crippen MR) is 73.1 cm³/mol. The predicted octanol–water partition coefficient (Wildman–Crippen LogP) is 3.30. The van der Waals surface area contributed by atoms with E-state index in [1.54, 1.807) is 0 Å². The fourth-order valence-corrected chi connectivity index (χ4v) is 3.46. The minimum absolute atomic E-state index is 0.267. The van der Waals surface area contributed by atoms with Gasteiger partial charge >= 0.3 is 0 Å². The highest BCUT2D eigenvalue weighted by Crippen LogP contribution is 2.51. The first kappa shape index (κ1) is 13.6. The van der Waals surface area contributed by atoms with Gasteiger partial charge in [0.15, 0.2) is 0 Å². The maximum Gasteiger partial charge on any atom is 0.0873 e. The zero-order valence-corrected chi connectivity index (χ0v) is 11.3. The first-order valence-corrected chi connectivity index (χ1v) is 7.00. The summed E-state index contributed by atoms with van der Waals surface area (Å²) < 4.78 is 0. The minimum atomic E-state index is -0.575. The van der Waals surface area contributed by atoms with Crippen LogP contribution >= 0.6 is 0 Å². The molecule has 0 bridgehead atoms. The molecule has 1 aliphatic rings. The molecule has 18 heavy (non-hydrogen) atoms. The van der Waals surface area contributed by atoms with Crippen LogP contribution < -0.4 is 0 Å². The number of rotatable bonds is 3. The zero-order chi connectivity index (χ0) is 13.2. The molecule has 0 aliphatic heterocycles. The Hall–Kier alpha value is -0.860. The molecule has 1 aromatic rings. The molecule has 2 heteroatoms. The molecule has 1 fully saturated rings. The van der Waals surface area contributed by atoms with Gasteiger partial charge in [-0.25, -0.2) is 0 Å². The second kappa shape index (κ2) is 5.41. The smallest absolute Gasteiger partial charge is 0.0873 e. The average Bonchev–Trinajstić information content (AvgIpc) is 2.39. The van der Waals surface area contributed by atoms with E-state index in [0.29, 0.717) is 0 Å². The summed E-state index contributed by atoms with van der Waals surface area (Å²) in [5.41, 5.74) is 0.534. The molecule has 0 spiro atoms. The Morgan fingerprint density at radius 3 is 2.39 bits per heavy atom. The van der Waals surface area contributed by atoms with Gasteiger partial charge in [0.25, 0.3) is 0 Å². The number of aliphatic hydroxyl groups excluding tert-OH is 2. The third-order valence-corrected chi connectivity index (χ3v) is 4.66. The summed E-state index contributed by atoms with van der Waals surface area (Å²) in [5.74, 6) is 0.267. The minimum Gasteiger partial charge on any atom is -0.392 e. The lowest BCUT2D eigenvalue weighted by atomic mass is 9.60. The fourth-order valence-electron chi connectivity index (χ4n) is 3.46. The Labute approximate surface area is 110 Å². The van der Waals surface area contributed by atoms with Gasteiger partial charge in [0.1, 0.15) is 0 Å². The lowest BCUT2D eigenvalue weighted by Crippen LogP contribution is -2.47. The Morgan fingerprint density at radius 2 is 1.83 bits per heavy atom.